The van der Waals surface area contributed by atoms with E-state index in [1.165, 1.54) is 0 Å². The first-order valence-electron chi connectivity index (χ1n) is 8.27. The number of carbonyl (C=O) groups is 2. The predicted molar refractivity (Wildman–Crippen MR) is 99.8 cm³/mol. The van der Waals surface area contributed by atoms with Gasteiger partial charge >= 0.3 is 0 Å². The standard InChI is InChI=1S/C20H17N3O3/c1-20(12-18(25)22-17-10-2-3-11-23(17)20)19(26)21-15-8-4-7-14-13(15)6-5-9-16(14)24/h2-11,24H,12H2,1H3,(H,21,26). The van der Waals surface area contributed by atoms with Crippen LogP contribution in [0.25, 0.3) is 10.8 Å². The van der Waals surface area contributed by atoms with Crippen molar-refractivity contribution in [3.63, 3.8) is 0 Å². The fraction of sp³-hybridized carbons (Fsp3) is 0.150. The number of aliphatic imine (C=N–C) groups is 1. The second-order valence-corrected chi connectivity index (χ2v) is 6.52. The van der Waals surface area contributed by atoms with Crippen LogP contribution in [-0.2, 0) is 9.59 Å². The van der Waals surface area contributed by atoms with Crippen molar-refractivity contribution in [1.82, 2.24) is 4.90 Å². The van der Waals surface area contributed by atoms with Crippen molar-refractivity contribution in [2.24, 2.45) is 4.99 Å². The first-order chi connectivity index (χ1) is 12.5. The van der Waals surface area contributed by atoms with Crippen LogP contribution in [0.15, 0.2) is 65.8 Å². The molecule has 0 fully saturated rings. The van der Waals surface area contributed by atoms with Crippen molar-refractivity contribution in [3.05, 3.63) is 60.8 Å². The second-order valence-electron chi connectivity index (χ2n) is 6.52. The van der Waals surface area contributed by atoms with Gasteiger partial charge in [0.2, 0.25) is 0 Å². The van der Waals surface area contributed by atoms with Gasteiger partial charge in [0.25, 0.3) is 11.8 Å². The Hall–Kier alpha value is -3.41. The van der Waals surface area contributed by atoms with Crippen LogP contribution < -0.4 is 5.32 Å². The molecule has 0 aromatic heterocycles. The monoisotopic (exact) mass is 347 g/mol. The van der Waals surface area contributed by atoms with Crippen LogP contribution in [0.5, 0.6) is 5.75 Å². The molecule has 0 spiro atoms. The number of amides is 2. The molecule has 26 heavy (non-hydrogen) atoms. The molecule has 0 radical (unpaired) electrons. The summed E-state index contributed by atoms with van der Waals surface area (Å²) in [4.78, 5) is 30.9. The van der Waals surface area contributed by atoms with E-state index in [1.807, 2.05) is 6.07 Å². The smallest absolute Gasteiger partial charge is 0.250 e. The molecule has 0 saturated heterocycles. The van der Waals surface area contributed by atoms with Crippen LogP contribution in [0.1, 0.15) is 13.3 Å². The molecule has 2 amide bonds. The van der Waals surface area contributed by atoms with E-state index in [2.05, 4.69) is 10.3 Å². The van der Waals surface area contributed by atoms with Crippen LogP contribution in [0, 0.1) is 0 Å². The van der Waals surface area contributed by atoms with E-state index >= 15 is 0 Å². The molecule has 2 N–H and O–H groups in total. The molecule has 130 valence electrons. The maximum atomic E-state index is 13.1. The van der Waals surface area contributed by atoms with E-state index in [1.54, 1.807) is 66.6 Å². The number of rotatable bonds is 2. The Bertz CT molecular complexity index is 1020. The average molecular weight is 347 g/mol. The number of benzene rings is 2. The summed E-state index contributed by atoms with van der Waals surface area (Å²) in [7, 11) is 0. The molecule has 1 unspecified atom stereocenters. The number of anilines is 1. The van der Waals surface area contributed by atoms with Gasteiger partial charge in [0.15, 0.2) is 0 Å². The summed E-state index contributed by atoms with van der Waals surface area (Å²) in [6.07, 6.45) is 7.02. The van der Waals surface area contributed by atoms with Crippen LogP contribution >= 0.6 is 0 Å². The number of hydrogen-bond donors (Lipinski definition) is 2. The highest BCUT2D eigenvalue weighted by Crippen LogP contribution is 2.33. The molecule has 0 saturated carbocycles. The fourth-order valence-corrected chi connectivity index (χ4v) is 3.34. The Labute approximate surface area is 150 Å². The first kappa shape index (κ1) is 16.1. The summed E-state index contributed by atoms with van der Waals surface area (Å²) in [5.41, 5.74) is -0.508. The third-order valence-electron chi connectivity index (χ3n) is 4.74. The minimum absolute atomic E-state index is 0.0173. The van der Waals surface area contributed by atoms with Crippen molar-refractivity contribution in [1.29, 1.82) is 0 Å². The lowest BCUT2D eigenvalue weighted by Crippen LogP contribution is -2.58. The second kappa shape index (κ2) is 5.84. The maximum Gasteiger partial charge on any atom is 0.250 e. The van der Waals surface area contributed by atoms with Crippen LogP contribution in [0.4, 0.5) is 5.69 Å². The zero-order valence-corrected chi connectivity index (χ0v) is 14.1. The number of hydrogen-bond acceptors (Lipinski definition) is 4. The Morgan fingerprint density at radius 1 is 1.19 bits per heavy atom. The van der Waals surface area contributed by atoms with Gasteiger partial charge in [-0.25, -0.2) is 0 Å². The zero-order chi connectivity index (χ0) is 18.3. The number of nitrogens with zero attached hydrogens (tertiary/aromatic N) is 2. The summed E-state index contributed by atoms with van der Waals surface area (Å²) in [6.45, 7) is 1.72. The van der Waals surface area contributed by atoms with Gasteiger partial charge < -0.3 is 15.3 Å². The summed E-state index contributed by atoms with van der Waals surface area (Å²) < 4.78 is 0. The number of phenolic OH excluding ortho intramolecular Hbond substituents is 1. The minimum atomic E-state index is -1.09. The Balaban J connectivity index is 1.72. The van der Waals surface area contributed by atoms with E-state index < -0.39 is 5.54 Å². The number of carbonyl (C=O) groups excluding carboxylic acids is 2. The lowest BCUT2D eigenvalue weighted by molar-refractivity contribution is -0.130. The van der Waals surface area contributed by atoms with Crippen molar-refractivity contribution in [2.75, 3.05) is 5.32 Å². The minimum Gasteiger partial charge on any atom is -0.507 e. The normalized spacial score (nSPS) is 21.5. The first-order valence-corrected chi connectivity index (χ1v) is 8.27. The largest absolute Gasteiger partial charge is 0.507 e. The summed E-state index contributed by atoms with van der Waals surface area (Å²) in [6, 6.07) is 10.5. The lowest BCUT2D eigenvalue weighted by atomic mass is 9.91. The molecule has 6 nitrogen and oxygen atoms in total. The van der Waals surface area contributed by atoms with Gasteiger partial charge in [0.1, 0.15) is 17.1 Å². The predicted octanol–water partition coefficient (Wildman–Crippen LogP) is 2.96. The van der Waals surface area contributed by atoms with Crippen LogP contribution in [0.2, 0.25) is 0 Å². The Kier molecular flexibility index (Phi) is 3.61. The van der Waals surface area contributed by atoms with E-state index in [0.717, 1.165) is 5.39 Å². The summed E-state index contributed by atoms with van der Waals surface area (Å²) >= 11 is 0. The van der Waals surface area contributed by atoms with Gasteiger partial charge in [-0.2, -0.15) is 4.99 Å². The number of phenols is 1. The van der Waals surface area contributed by atoms with Crippen molar-refractivity contribution >= 4 is 34.1 Å². The average Bonchev–Trinajstić information content (AvgIpc) is 2.62. The summed E-state index contributed by atoms with van der Waals surface area (Å²) in [5, 5.41) is 14.3. The molecule has 1 atom stereocenters. The van der Waals surface area contributed by atoms with Crippen LogP contribution in [-0.4, -0.2) is 33.2 Å². The molecule has 2 heterocycles. The zero-order valence-electron chi connectivity index (χ0n) is 14.1. The molecule has 0 bridgehead atoms. The van der Waals surface area contributed by atoms with Gasteiger partial charge in [-0.1, -0.05) is 30.3 Å². The van der Waals surface area contributed by atoms with E-state index in [4.69, 9.17) is 0 Å². The fourth-order valence-electron chi connectivity index (χ4n) is 3.34. The molecule has 0 aliphatic carbocycles. The molecule has 6 heteroatoms. The third-order valence-corrected chi connectivity index (χ3v) is 4.74. The highest BCUT2D eigenvalue weighted by molar-refractivity contribution is 6.13. The number of aromatic hydroxyl groups is 1. The SMILES string of the molecule is CC1(C(=O)Nc2cccc3c(O)cccc23)CC(=O)N=C2C=CC=CN21. The van der Waals surface area contributed by atoms with Gasteiger partial charge in [-0.3, -0.25) is 9.59 Å². The molecule has 4 rings (SSSR count). The highest BCUT2D eigenvalue weighted by Gasteiger charge is 2.45. The number of nitrogens with one attached hydrogen (secondary N) is 1. The topological polar surface area (TPSA) is 82.0 Å². The van der Waals surface area contributed by atoms with Crippen molar-refractivity contribution < 1.29 is 14.7 Å². The number of fused-ring (bicyclic) bond motifs is 2. The summed E-state index contributed by atoms with van der Waals surface area (Å²) in [5.74, 6) is -0.0356. The van der Waals surface area contributed by atoms with Gasteiger partial charge in [-0.15, -0.1) is 0 Å². The van der Waals surface area contributed by atoms with E-state index in [0.29, 0.717) is 16.9 Å². The third kappa shape index (κ3) is 2.47. The van der Waals surface area contributed by atoms with E-state index in [9.17, 15) is 14.7 Å². The molecule has 2 aliphatic rings. The Morgan fingerprint density at radius 3 is 2.81 bits per heavy atom. The molecule has 2 aliphatic heterocycles. The quantitative estimate of drug-likeness (QED) is 0.875. The lowest BCUT2D eigenvalue weighted by Gasteiger charge is -2.41. The Morgan fingerprint density at radius 2 is 1.96 bits per heavy atom. The maximum absolute atomic E-state index is 13.1. The molecule has 2 aromatic rings. The van der Waals surface area contributed by atoms with Gasteiger partial charge in [0.05, 0.1) is 6.42 Å². The number of allylic oxidation sites excluding steroid dienone is 2. The molecular formula is C20H17N3O3. The van der Waals surface area contributed by atoms with Crippen LogP contribution in [0.3, 0.4) is 0 Å². The van der Waals surface area contributed by atoms with E-state index in [-0.39, 0.29) is 24.0 Å². The van der Waals surface area contributed by atoms with Gasteiger partial charge in [0, 0.05) is 22.7 Å². The van der Waals surface area contributed by atoms with Crippen molar-refractivity contribution in [3.8, 4) is 5.75 Å². The number of amidine groups is 1. The van der Waals surface area contributed by atoms with Gasteiger partial charge in [-0.05, 0) is 31.2 Å². The highest BCUT2D eigenvalue weighted by atomic mass is 16.3. The molecular weight excluding hydrogens is 330 g/mol. The molecule has 2 aromatic carbocycles. The van der Waals surface area contributed by atoms with Crippen molar-refractivity contribution in [2.45, 2.75) is 18.9 Å².